The lowest BCUT2D eigenvalue weighted by Crippen LogP contribution is -2.24. The van der Waals surface area contributed by atoms with E-state index in [9.17, 15) is 4.79 Å². The zero-order chi connectivity index (χ0) is 16.7. The van der Waals surface area contributed by atoms with Crippen molar-refractivity contribution in [3.63, 3.8) is 0 Å². The molecule has 120 valence electrons. The maximum atomic E-state index is 11.8. The van der Waals surface area contributed by atoms with E-state index in [1.165, 1.54) is 0 Å². The molecule has 1 amide bonds. The van der Waals surface area contributed by atoms with Crippen LogP contribution in [0.4, 0.5) is 0 Å². The Kier molecular flexibility index (Phi) is 5.74. The van der Waals surface area contributed by atoms with Crippen molar-refractivity contribution in [2.24, 2.45) is 5.10 Å². The molecule has 0 unspecified atom stereocenters. The molecule has 0 aliphatic heterocycles. The van der Waals surface area contributed by atoms with Crippen molar-refractivity contribution in [2.45, 2.75) is 13.8 Å². The van der Waals surface area contributed by atoms with Gasteiger partial charge in [0, 0.05) is 0 Å². The van der Waals surface area contributed by atoms with Crippen molar-refractivity contribution in [3.05, 3.63) is 59.2 Å². The number of amides is 1. The molecule has 0 saturated heterocycles. The van der Waals surface area contributed by atoms with Gasteiger partial charge < -0.3 is 9.47 Å². The molecule has 2 aromatic carbocycles. The molecule has 0 spiro atoms. The van der Waals surface area contributed by atoms with Crippen molar-refractivity contribution in [1.82, 2.24) is 5.43 Å². The summed E-state index contributed by atoms with van der Waals surface area (Å²) in [6, 6.07) is 13.2. The van der Waals surface area contributed by atoms with Crippen LogP contribution >= 0.6 is 0 Å². The molecular weight excluding hydrogens is 292 g/mol. The van der Waals surface area contributed by atoms with Crippen LogP contribution in [0.2, 0.25) is 0 Å². The summed E-state index contributed by atoms with van der Waals surface area (Å²) in [5.41, 5.74) is 5.35. The zero-order valence-electron chi connectivity index (χ0n) is 13.5. The maximum absolute atomic E-state index is 11.8. The summed E-state index contributed by atoms with van der Waals surface area (Å²) in [6.45, 7) is 3.83. The molecule has 0 aromatic heterocycles. The fraction of sp³-hybridized carbons (Fsp3) is 0.222. The van der Waals surface area contributed by atoms with Gasteiger partial charge in [-0.3, -0.25) is 4.79 Å². The Morgan fingerprint density at radius 3 is 2.83 bits per heavy atom. The van der Waals surface area contributed by atoms with Crippen molar-refractivity contribution in [3.8, 4) is 11.5 Å². The van der Waals surface area contributed by atoms with Crippen molar-refractivity contribution >= 4 is 12.1 Å². The number of nitrogens with one attached hydrogen (secondary N) is 1. The van der Waals surface area contributed by atoms with E-state index >= 15 is 0 Å². The Morgan fingerprint density at radius 1 is 1.22 bits per heavy atom. The van der Waals surface area contributed by atoms with Gasteiger partial charge in [0.25, 0.3) is 5.91 Å². The molecule has 0 atom stereocenters. The molecule has 5 heteroatoms. The summed E-state index contributed by atoms with van der Waals surface area (Å²) in [5.74, 6) is 1.13. The summed E-state index contributed by atoms with van der Waals surface area (Å²) < 4.78 is 10.6. The fourth-order valence-corrected chi connectivity index (χ4v) is 1.94. The molecule has 0 heterocycles. The quantitative estimate of drug-likeness (QED) is 0.659. The van der Waals surface area contributed by atoms with Gasteiger partial charge in [-0.15, -0.1) is 0 Å². The smallest absolute Gasteiger partial charge is 0.277 e. The lowest BCUT2D eigenvalue weighted by molar-refractivity contribution is -0.123. The van der Waals surface area contributed by atoms with E-state index in [2.05, 4.69) is 10.5 Å². The molecule has 0 aliphatic carbocycles. The third-order valence-electron chi connectivity index (χ3n) is 3.20. The number of carbonyl (C=O) groups excluding carboxylic acids is 1. The number of benzene rings is 2. The second kappa shape index (κ2) is 7.98. The Labute approximate surface area is 135 Å². The predicted octanol–water partition coefficient (Wildman–Crippen LogP) is 2.84. The van der Waals surface area contributed by atoms with Crippen LogP contribution in [0.1, 0.15) is 16.7 Å². The lowest BCUT2D eigenvalue weighted by Gasteiger charge is -2.08. The lowest BCUT2D eigenvalue weighted by atomic mass is 10.1. The Morgan fingerprint density at radius 2 is 2.04 bits per heavy atom. The Balaban J connectivity index is 1.85. The topological polar surface area (TPSA) is 59.9 Å². The number of carbonyl (C=O) groups is 1. The summed E-state index contributed by atoms with van der Waals surface area (Å²) in [6.07, 6.45) is 1.55. The molecule has 2 aromatic rings. The van der Waals surface area contributed by atoms with Gasteiger partial charge in [-0.2, -0.15) is 5.10 Å². The van der Waals surface area contributed by atoms with Gasteiger partial charge in [0.1, 0.15) is 11.5 Å². The van der Waals surface area contributed by atoms with Gasteiger partial charge in [-0.05, 0) is 48.7 Å². The van der Waals surface area contributed by atoms with E-state index in [0.29, 0.717) is 5.75 Å². The van der Waals surface area contributed by atoms with E-state index in [0.717, 1.165) is 22.4 Å². The van der Waals surface area contributed by atoms with E-state index < -0.39 is 0 Å². The summed E-state index contributed by atoms with van der Waals surface area (Å²) >= 11 is 0. The number of rotatable bonds is 6. The monoisotopic (exact) mass is 312 g/mol. The van der Waals surface area contributed by atoms with Crippen molar-refractivity contribution < 1.29 is 14.3 Å². The van der Waals surface area contributed by atoms with Crippen molar-refractivity contribution in [2.75, 3.05) is 13.7 Å². The standard InChI is InChI=1S/C18H20N2O3/c1-13-7-8-14(2)17(9-13)23-12-18(21)20-19-11-15-5-4-6-16(10-15)22-3/h4-11H,12H2,1-3H3,(H,20,21)/b19-11+. The molecule has 23 heavy (non-hydrogen) atoms. The van der Waals surface area contributed by atoms with E-state index in [4.69, 9.17) is 9.47 Å². The average molecular weight is 312 g/mol. The third-order valence-corrected chi connectivity index (χ3v) is 3.20. The van der Waals surface area contributed by atoms with Crippen LogP contribution in [-0.4, -0.2) is 25.8 Å². The van der Waals surface area contributed by atoms with Gasteiger partial charge in [-0.1, -0.05) is 24.3 Å². The second-order valence-corrected chi connectivity index (χ2v) is 5.13. The average Bonchev–Trinajstić information content (AvgIpc) is 2.56. The van der Waals surface area contributed by atoms with Gasteiger partial charge in [-0.25, -0.2) is 5.43 Å². The zero-order valence-corrected chi connectivity index (χ0v) is 13.5. The van der Waals surface area contributed by atoms with Crippen molar-refractivity contribution in [1.29, 1.82) is 0 Å². The first kappa shape index (κ1) is 16.5. The molecule has 0 radical (unpaired) electrons. The van der Waals surface area contributed by atoms with Crippen LogP contribution in [0.25, 0.3) is 0 Å². The molecule has 0 aliphatic rings. The van der Waals surface area contributed by atoms with E-state index in [1.807, 2.05) is 56.3 Å². The van der Waals surface area contributed by atoms with Gasteiger partial charge in [0.05, 0.1) is 13.3 Å². The van der Waals surface area contributed by atoms with Gasteiger partial charge in [0.15, 0.2) is 6.61 Å². The molecule has 0 fully saturated rings. The van der Waals surface area contributed by atoms with E-state index in [-0.39, 0.29) is 12.5 Å². The number of nitrogens with zero attached hydrogens (tertiary/aromatic N) is 1. The number of hydrogen-bond donors (Lipinski definition) is 1. The summed E-state index contributed by atoms with van der Waals surface area (Å²) in [7, 11) is 1.60. The van der Waals surface area contributed by atoms with Crippen LogP contribution in [0.15, 0.2) is 47.6 Å². The number of aryl methyl sites for hydroxylation is 2. The largest absolute Gasteiger partial charge is 0.497 e. The molecule has 5 nitrogen and oxygen atoms in total. The summed E-state index contributed by atoms with van der Waals surface area (Å²) in [5, 5.41) is 3.91. The van der Waals surface area contributed by atoms with Crippen LogP contribution in [0.3, 0.4) is 0 Å². The minimum atomic E-state index is -0.315. The number of ether oxygens (including phenoxy) is 2. The first-order valence-corrected chi connectivity index (χ1v) is 7.24. The molecule has 0 saturated carbocycles. The minimum absolute atomic E-state index is 0.0836. The SMILES string of the molecule is COc1cccc(/C=N/NC(=O)COc2cc(C)ccc2C)c1. The molecular formula is C18H20N2O3. The highest BCUT2D eigenvalue weighted by molar-refractivity contribution is 5.83. The van der Waals surface area contributed by atoms with E-state index in [1.54, 1.807) is 13.3 Å². The highest BCUT2D eigenvalue weighted by Crippen LogP contribution is 2.18. The first-order chi connectivity index (χ1) is 11.1. The maximum Gasteiger partial charge on any atom is 0.277 e. The fourth-order valence-electron chi connectivity index (χ4n) is 1.94. The second-order valence-electron chi connectivity index (χ2n) is 5.13. The molecule has 2 rings (SSSR count). The number of hydrogen-bond acceptors (Lipinski definition) is 4. The van der Waals surface area contributed by atoms with Crippen LogP contribution in [0.5, 0.6) is 11.5 Å². The minimum Gasteiger partial charge on any atom is -0.497 e. The Hall–Kier alpha value is -2.82. The molecule has 0 bridgehead atoms. The number of hydrazone groups is 1. The Bertz CT molecular complexity index is 711. The predicted molar refractivity (Wildman–Crippen MR) is 90.1 cm³/mol. The van der Waals surface area contributed by atoms with Crippen LogP contribution in [-0.2, 0) is 4.79 Å². The first-order valence-electron chi connectivity index (χ1n) is 7.24. The molecule has 1 N–H and O–H groups in total. The van der Waals surface area contributed by atoms with Gasteiger partial charge >= 0.3 is 0 Å². The third kappa shape index (κ3) is 5.14. The number of methoxy groups -OCH3 is 1. The highest BCUT2D eigenvalue weighted by Gasteiger charge is 2.04. The van der Waals surface area contributed by atoms with Crippen LogP contribution in [0, 0.1) is 13.8 Å². The normalized spacial score (nSPS) is 10.6. The van der Waals surface area contributed by atoms with Gasteiger partial charge in [0.2, 0.25) is 0 Å². The summed E-state index contributed by atoms with van der Waals surface area (Å²) in [4.78, 5) is 11.8. The van der Waals surface area contributed by atoms with Crippen LogP contribution < -0.4 is 14.9 Å². The highest BCUT2D eigenvalue weighted by atomic mass is 16.5.